The molecule has 1 saturated heterocycles. The van der Waals surface area contributed by atoms with Gasteiger partial charge in [0, 0.05) is 44.8 Å². The maximum Gasteiger partial charge on any atom is 0.224 e. The summed E-state index contributed by atoms with van der Waals surface area (Å²) in [6.45, 7) is 3.53. The molecule has 2 amide bonds. The minimum atomic E-state index is -0.0436. The van der Waals surface area contributed by atoms with E-state index >= 15 is 0 Å². The molecule has 0 aromatic heterocycles. The fourth-order valence-corrected chi connectivity index (χ4v) is 3.16. The Morgan fingerprint density at radius 2 is 1.46 bits per heavy atom. The van der Waals surface area contributed by atoms with Crippen LogP contribution < -0.4 is 10.2 Å². The fourth-order valence-electron chi connectivity index (χ4n) is 3.16. The first-order valence-corrected chi connectivity index (χ1v) is 9.11. The number of hydrogen-bond acceptors (Lipinski definition) is 3. The van der Waals surface area contributed by atoms with Crippen molar-refractivity contribution in [2.75, 3.05) is 37.6 Å². The molecule has 0 spiro atoms. The highest BCUT2D eigenvalue weighted by atomic mass is 16.2. The smallest absolute Gasteiger partial charge is 0.224 e. The molecule has 2 aromatic carbocycles. The number of amides is 2. The van der Waals surface area contributed by atoms with Crippen molar-refractivity contribution in [3.05, 3.63) is 66.2 Å². The van der Waals surface area contributed by atoms with Crippen LogP contribution in [-0.2, 0) is 16.0 Å². The summed E-state index contributed by atoms with van der Waals surface area (Å²) in [5.41, 5.74) is 2.18. The van der Waals surface area contributed by atoms with Gasteiger partial charge in [0.25, 0.3) is 0 Å². The number of benzene rings is 2. The number of carbonyl (C=O) groups excluding carboxylic acids is 2. The minimum Gasteiger partial charge on any atom is -0.368 e. The Kier molecular flexibility index (Phi) is 6.25. The van der Waals surface area contributed by atoms with E-state index in [4.69, 9.17) is 0 Å². The zero-order valence-electron chi connectivity index (χ0n) is 14.9. The summed E-state index contributed by atoms with van der Waals surface area (Å²) in [4.78, 5) is 28.5. The van der Waals surface area contributed by atoms with Gasteiger partial charge >= 0.3 is 0 Å². The van der Waals surface area contributed by atoms with Gasteiger partial charge in [0.1, 0.15) is 0 Å². The first-order chi connectivity index (χ1) is 12.7. The molecule has 0 unspecified atom stereocenters. The summed E-state index contributed by atoms with van der Waals surface area (Å²) < 4.78 is 0. The van der Waals surface area contributed by atoms with Crippen molar-refractivity contribution in [2.45, 2.75) is 12.8 Å². The lowest BCUT2D eigenvalue weighted by atomic mass is 10.1. The number of para-hydroxylation sites is 1. The Morgan fingerprint density at radius 3 is 2.12 bits per heavy atom. The van der Waals surface area contributed by atoms with E-state index < -0.39 is 0 Å². The molecule has 0 atom stereocenters. The van der Waals surface area contributed by atoms with E-state index in [-0.39, 0.29) is 11.8 Å². The van der Waals surface area contributed by atoms with Crippen LogP contribution >= 0.6 is 0 Å². The van der Waals surface area contributed by atoms with Crippen molar-refractivity contribution in [1.82, 2.24) is 10.2 Å². The van der Waals surface area contributed by atoms with Gasteiger partial charge in [0.2, 0.25) is 11.8 Å². The van der Waals surface area contributed by atoms with Crippen LogP contribution in [0, 0.1) is 0 Å². The Hall–Kier alpha value is -2.82. The van der Waals surface area contributed by atoms with Crippen LogP contribution in [0.4, 0.5) is 5.69 Å². The van der Waals surface area contributed by atoms with Crippen LogP contribution in [0.3, 0.4) is 0 Å². The predicted molar refractivity (Wildman–Crippen MR) is 103 cm³/mol. The number of anilines is 1. The molecule has 0 bridgehead atoms. The second kappa shape index (κ2) is 9.04. The van der Waals surface area contributed by atoms with Crippen molar-refractivity contribution in [1.29, 1.82) is 0 Å². The maximum absolute atomic E-state index is 12.3. The second-order valence-electron chi connectivity index (χ2n) is 6.47. The molecule has 3 rings (SSSR count). The third kappa shape index (κ3) is 5.09. The molecule has 1 aliphatic heterocycles. The average Bonchev–Trinajstić information content (AvgIpc) is 2.69. The van der Waals surface area contributed by atoms with E-state index in [9.17, 15) is 9.59 Å². The zero-order chi connectivity index (χ0) is 18.2. The van der Waals surface area contributed by atoms with Gasteiger partial charge in [-0.05, 0) is 17.7 Å². The van der Waals surface area contributed by atoms with Crippen LogP contribution in [0.2, 0.25) is 0 Å². The standard InChI is InChI=1S/C21H25N3O2/c25-20(17-18-7-3-1-4-8-18)22-12-11-21(26)24-15-13-23(14-16-24)19-9-5-2-6-10-19/h1-10H,11-17H2,(H,22,25). The van der Waals surface area contributed by atoms with Gasteiger partial charge in [0.05, 0.1) is 6.42 Å². The minimum absolute atomic E-state index is 0.0436. The molecule has 1 heterocycles. The zero-order valence-corrected chi connectivity index (χ0v) is 14.9. The Labute approximate surface area is 154 Å². The lowest BCUT2D eigenvalue weighted by Gasteiger charge is -2.36. The first kappa shape index (κ1) is 18.0. The molecule has 1 N–H and O–H groups in total. The highest BCUT2D eigenvalue weighted by Crippen LogP contribution is 2.15. The maximum atomic E-state index is 12.3. The topological polar surface area (TPSA) is 52.7 Å². The molecule has 5 heteroatoms. The summed E-state index contributed by atoms with van der Waals surface area (Å²) in [7, 11) is 0. The van der Waals surface area contributed by atoms with Crippen LogP contribution in [0.5, 0.6) is 0 Å². The van der Waals surface area contributed by atoms with Crippen molar-refractivity contribution in [3.63, 3.8) is 0 Å². The normalized spacial score (nSPS) is 14.2. The number of nitrogens with zero attached hydrogens (tertiary/aromatic N) is 2. The number of hydrogen-bond donors (Lipinski definition) is 1. The van der Waals surface area contributed by atoms with Crippen molar-refractivity contribution < 1.29 is 9.59 Å². The van der Waals surface area contributed by atoms with Gasteiger partial charge in [-0.1, -0.05) is 48.5 Å². The van der Waals surface area contributed by atoms with Gasteiger partial charge in [-0.2, -0.15) is 0 Å². The van der Waals surface area contributed by atoms with Crippen LogP contribution in [-0.4, -0.2) is 49.4 Å². The summed E-state index contributed by atoms with van der Waals surface area (Å²) in [6.07, 6.45) is 0.705. The summed E-state index contributed by atoms with van der Waals surface area (Å²) in [5.74, 6) is 0.0654. The van der Waals surface area contributed by atoms with E-state index in [2.05, 4.69) is 22.3 Å². The molecule has 5 nitrogen and oxygen atoms in total. The van der Waals surface area contributed by atoms with Crippen molar-refractivity contribution in [2.24, 2.45) is 0 Å². The summed E-state index contributed by atoms with van der Waals surface area (Å²) in [5, 5.41) is 2.84. The van der Waals surface area contributed by atoms with E-state index in [1.807, 2.05) is 53.4 Å². The molecule has 0 aliphatic carbocycles. The molecule has 0 saturated carbocycles. The lowest BCUT2D eigenvalue weighted by Crippen LogP contribution is -2.49. The van der Waals surface area contributed by atoms with Crippen LogP contribution in [0.1, 0.15) is 12.0 Å². The van der Waals surface area contributed by atoms with E-state index in [0.29, 0.717) is 19.4 Å². The highest BCUT2D eigenvalue weighted by molar-refractivity contribution is 5.80. The molecule has 26 heavy (non-hydrogen) atoms. The average molecular weight is 351 g/mol. The lowest BCUT2D eigenvalue weighted by molar-refractivity contribution is -0.131. The van der Waals surface area contributed by atoms with Gasteiger partial charge in [-0.25, -0.2) is 0 Å². The number of rotatable bonds is 6. The second-order valence-corrected chi connectivity index (χ2v) is 6.47. The van der Waals surface area contributed by atoms with Crippen molar-refractivity contribution in [3.8, 4) is 0 Å². The number of piperazine rings is 1. The van der Waals surface area contributed by atoms with Gasteiger partial charge in [0.15, 0.2) is 0 Å². The van der Waals surface area contributed by atoms with E-state index in [1.165, 1.54) is 5.69 Å². The van der Waals surface area contributed by atoms with Gasteiger partial charge in [-0.3, -0.25) is 9.59 Å². The summed E-state index contributed by atoms with van der Waals surface area (Å²) in [6, 6.07) is 19.9. The van der Waals surface area contributed by atoms with E-state index in [0.717, 1.165) is 31.7 Å². The molecule has 136 valence electrons. The Bertz CT molecular complexity index is 711. The first-order valence-electron chi connectivity index (χ1n) is 9.11. The van der Waals surface area contributed by atoms with Gasteiger partial charge in [-0.15, -0.1) is 0 Å². The third-order valence-electron chi connectivity index (χ3n) is 4.62. The molecule has 1 fully saturated rings. The fraction of sp³-hybridized carbons (Fsp3) is 0.333. The highest BCUT2D eigenvalue weighted by Gasteiger charge is 2.20. The monoisotopic (exact) mass is 351 g/mol. The van der Waals surface area contributed by atoms with Crippen LogP contribution in [0.15, 0.2) is 60.7 Å². The summed E-state index contributed by atoms with van der Waals surface area (Å²) >= 11 is 0. The quantitative estimate of drug-likeness (QED) is 0.867. The van der Waals surface area contributed by atoms with Gasteiger partial charge < -0.3 is 15.1 Å². The number of nitrogens with one attached hydrogen (secondary N) is 1. The Morgan fingerprint density at radius 1 is 0.846 bits per heavy atom. The number of carbonyl (C=O) groups is 2. The van der Waals surface area contributed by atoms with E-state index in [1.54, 1.807) is 0 Å². The van der Waals surface area contributed by atoms with Crippen molar-refractivity contribution >= 4 is 17.5 Å². The molecule has 2 aromatic rings. The third-order valence-corrected chi connectivity index (χ3v) is 4.62. The molecule has 1 aliphatic rings. The largest absolute Gasteiger partial charge is 0.368 e. The molecule has 0 radical (unpaired) electrons. The molecular weight excluding hydrogens is 326 g/mol. The Balaban J connectivity index is 1.36. The molecular formula is C21H25N3O2. The predicted octanol–water partition coefficient (Wildman–Crippen LogP) is 2.08. The van der Waals surface area contributed by atoms with Crippen LogP contribution in [0.25, 0.3) is 0 Å². The SMILES string of the molecule is O=C(Cc1ccccc1)NCCC(=O)N1CCN(c2ccccc2)CC1.